The van der Waals surface area contributed by atoms with E-state index in [2.05, 4.69) is 0 Å². The Morgan fingerprint density at radius 3 is 2.48 bits per heavy atom. The molecule has 0 fully saturated rings. The third-order valence-electron chi connectivity index (χ3n) is 5.41. The van der Waals surface area contributed by atoms with E-state index in [1.807, 2.05) is 48.7 Å². The number of ether oxygens (including phenoxy) is 1. The number of carbonyl (C=O) groups is 1. The minimum Gasteiger partial charge on any atom is -0.497 e. The fraction of sp³-hybridized carbons (Fsp3) is 0.227. The zero-order valence-corrected chi connectivity index (χ0v) is 16.5. The molecule has 2 heterocycles. The van der Waals surface area contributed by atoms with Crippen molar-refractivity contribution in [1.82, 2.24) is 4.57 Å². The molecule has 0 unspecified atom stereocenters. The summed E-state index contributed by atoms with van der Waals surface area (Å²) in [5.41, 5.74) is 4.87. The molecule has 7 nitrogen and oxygen atoms in total. The van der Waals surface area contributed by atoms with Crippen LogP contribution in [0.2, 0.25) is 0 Å². The van der Waals surface area contributed by atoms with Gasteiger partial charge in [0.05, 0.1) is 23.3 Å². The third kappa shape index (κ3) is 3.14. The Bertz CT molecular complexity index is 1120. The number of benzene rings is 2. The monoisotopic (exact) mass is 391 g/mol. The highest BCUT2D eigenvalue weighted by Crippen LogP contribution is 2.34. The van der Waals surface area contributed by atoms with Crippen LogP contribution >= 0.6 is 0 Å². The molecule has 0 saturated carbocycles. The summed E-state index contributed by atoms with van der Waals surface area (Å²) in [6.45, 7) is 4.38. The fourth-order valence-electron chi connectivity index (χ4n) is 3.95. The molecule has 148 valence electrons. The quantitative estimate of drug-likeness (QED) is 0.493. The number of anilines is 1. The minimum atomic E-state index is -0.434. The molecule has 3 aromatic rings. The van der Waals surface area contributed by atoms with Gasteiger partial charge in [-0.15, -0.1) is 0 Å². The number of rotatable bonds is 4. The molecule has 1 amide bonds. The van der Waals surface area contributed by atoms with E-state index >= 15 is 0 Å². The molecule has 0 N–H and O–H groups in total. The highest BCUT2D eigenvalue weighted by Gasteiger charge is 2.29. The summed E-state index contributed by atoms with van der Waals surface area (Å²) < 4.78 is 7.24. The molecule has 0 atom stereocenters. The van der Waals surface area contributed by atoms with Crippen molar-refractivity contribution >= 4 is 17.3 Å². The third-order valence-corrected chi connectivity index (χ3v) is 5.41. The number of nitrogens with zero attached hydrogens (tertiary/aromatic N) is 3. The highest BCUT2D eigenvalue weighted by atomic mass is 16.6. The molecular weight excluding hydrogens is 370 g/mol. The van der Waals surface area contributed by atoms with Crippen LogP contribution in [-0.2, 0) is 6.42 Å². The molecule has 1 aliphatic rings. The van der Waals surface area contributed by atoms with Gasteiger partial charge in [0.25, 0.3) is 11.6 Å². The average molecular weight is 391 g/mol. The van der Waals surface area contributed by atoms with Crippen molar-refractivity contribution in [3.63, 3.8) is 0 Å². The minimum absolute atomic E-state index is 0.00726. The second kappa shape index (κ2) is 7.09. The van der Waals surface area contributed by atoms with Crippen LogP contribution in [0, 0.1) is 24.0 Å². The molecule has 29 heavy (non-hydrogen) atoms. The lowest BCUT2D eigenvalue weighted by Gasteiger charge is -2.17. The number of amides is 1. The van der Waals surface area contributed by atoms with E-state index < -0.39 is 4.92 Å². The first-order chi connectivity index (χ1) is 13.9. The largest absolute Gasteiger partial charge is 0.497 e. The normalized spacial score (nSPS) is 12.7. The van der Waals surface area contributed by atoms with Gasteiger partial charge in [-0.05, 0) is 56.2 Å². The van der Waals surface area contributed by atoms with E-state index in [-0.39, 0.29) is 11.6 Å². The van der Waals surface area contributed by atoms with Crippen LogP contribution in [-0.4, -0.2) is 29.1 Å². The average Bonchev–Trinajstić information content (AvgIpc) is 3.27. The van der Waals surface area contributed by atoms with Crippen LogP contribution in [0.4, 0.5) is 11.4 Å². The number of nitro benzene ring substituents is 1. The maximum Gasteiger partial charge on any atom is 0.271 e. The number of carbonyl (C=O) groups excluding carboxylic acids is 1. The zero-order valence-electron chi connectivity index (χ0n) is 16.5. The van der Waals surface area contributed by atoms with Crippen LogP contribution in [0.15, 0.2) is 48.5 Å². The van der Waals surface area contributed by atoms with Crippen LogP contribution < -0.4 is 9.64 Å². The maximum absolute atomic E-state index is 13.3. The van der Waals surface area contributed by atoms with Gasteiger partial charge in [0, 0.05) is 35.8 Å². The Kier molecular flexibility index (Phi) is 4.58. The number of methoxy groups -OCH3 is 1. The number of hydrogen-bond acceptors (Lipinski definition) is 4. The van der Waals surface area contributed by atoms with Crippen molar-refractivity contribution in [1.29, 1.82) is 0 Å². The van der Waals surface area contributed by atoms with Gasteiger partial charge in [-0.2, -0.15) is 0 Å². The Balaban J connectivity index is 1.71. The topological polar surface area (TPSA) is 77.6 Å². The van der Waals surface area contributed by atoms with Crippen LogP contribution in [0.3, 0.4) is 0 Å². The second-order valence-corrected chi connectivity index (χ2v) is 7.10. The van der Waals surface area contributed by atoms with Gasteiger partial charge in [-0.25, -0.2) is 0 Å². The predicted molar refractivity (Wildman–Crippen MR) is 110 cm³/mol. The SMILES string of the molecule is COc1ccc(-n2c(C)cc(C(=O)N3CCc4ccc([N+](=O)[O-])cc43)c2C)cc1. The van der Waals surface area contributed by atoms with Crippen molar-refractivity contribution in [3.05, 3.63) is 81.2 Å². The van der Waals surface area contributed by atoms with E-state index in [0.717, 1.165) is 28.4 Å². The van der Waals surface area contributed by atoms with Crippen LogP contribution in [0.5, 0.6) is 5.75 Å². The first kappa shape index (κ1) is 18.7. The summed E-state index contributed by atoms with van der Waals surface area (Å²) >= 11 is 0. The standard InChI is InChI=1S/C22H21N3O4/c1-14-12-20(15(2)24(14)17-6-8-19(29-3)9-7-17)22(26)23-11-10-16-4-5-18(25(27)28)13-21(16)23/h4-9,12-13H,10-11H2,1-3H3. The summed E-state index contributed by atoms with van der Waals surface area (Å²) in [4.78, 5) is 25.7. The van der Waals surface area contributed by atoms with Gasteiger partial charge < -0.3 is 14.2 Å². The van der Waals surface area contributed by atoms with Crippen LogP contribution in [0.1, 0.15) is 27.3 Å². The van der Waals surface area contributed by atoms with Crippen molar-refractivity contribution < 1.29 is 14.5 Å². The number of aryl methyl sites for hydroxylation is 1. The molecular formula is C22H21N3O4. The lowest BCUT2D eigenvalue weighted by Crippen LogP contribution is -2.29. The number of non-ortho nitro benzene ring substituents is 1. The van der Waals surface area contributed by atoms with Gasteiger partial charge in [-0.1, -0.05) is 6.07 Å². The first-order valence-corrected chi connectivity index (χ1v) is 9.33. The summed E-state index contributed by atoms with van der Waals surface area (Å²) in [7, 11) is 1.62. The van der Waals surface area contributed by atoms with Gasteiger partial charge in [0.2, 0.25) is 0 Å². The summed E-state index contributed by atoms with van der Waals surface area (Å²) in [5.74, 6) is 0.625. The van der Waals surface area contributed by atoms with Crippen molar-refractivity contribution in [2.75, 3.05) is 18.6 Å². The van der Waals surface area contributed by atoms with Gasteiger partial charge >= 0.3 is 0 Å². The first-order valence-electron chi connectivity index (χ1n) is 9.33. The lowest BCUT2D eigenvalue weighted by molar-refractivity contribution is -0.384. The molecule has 7 heteroatoms. The zero-order chi connectivity index (χ0) is 20.7. The summed E-state index contributed by atoms with van der Waals surface area (Å²) in [6, 6.07) is 14.2. The van der Waals surface area contributed by atoms with Gasteiger partial charge in [-0.3, -0.25) is 14.9 Å². The van der Waals surface area contributed by atoms with Gasteiger partial charge in [0.15, 0.2) is 0 Å². The van der Waals surface area contributed by atoms with Crippen molar-refractivity contribution in [2.45, 2.75) is 20.3 Å². The molecule has 2 aromatic carbocycles. The molecule has 0 aliphatic carbocycles. The summed E-state index contributed by atoms with van der Waals surface area (Å²) in [6.07, 6.45) is 0.691. The molecule has 0 bridgehead atoms. The number of aromatic nitrogens is 1. The number of nitro groups is 1. The lowest BCUT2D eigenvalue weighted by atomic mass is 10.1. The Morgan fingerprint density at radius 2 is 1.83 bits per heavy atom. The molecule has 0 saturated heterocycles. The number of fused-ring (bicyclic) bond motifs is 1. The van der Waals surface area contributed by atoms with E-state index in [4.69, 9.17) is 4.74 Å². The summed E-state index contributed by atoms with van der Waals surface area (Å²) in [5, 5.41) is 11.1. The Morgan fingerprint density at radius 1 is 1.10 bits per heavy atom. The van der Waals surface area contributed by atoms with Crippen LogP contribution in [0.25, 0.3) is 5.69 Å². The van der Waals surface area contributed by atoms with E-state index in [0.29, 0.717) is 24.2 Å². The molecule has 1 aliphatic heterocycles. The maximum atomic E-state index is 13.3. The smallest absolute Gasteiger partial charge is 0.271 e. The number of hydrogen-bond donors (Lipinski definition) is 0. The van der Waals surface area contributed by atoms with Crippen molar-refractivity contribution in [3.8, 4) is 11.4 Å². The van der Waals surface area contributed by atoms with E-state index in [1.54, 1.807) is 18.1 Å². The second-order valence-electron chi connectivity index (χ2n) is 7.10. The van der Waals surface area contributed by atoms with Crippen molar-refractivity contribution in [2.24, 2.45) is 0 Å². The Labute approximate surface area is 168 Å². The predicted octanol–water partition coefficient (Wildman–Crippen LogP) is 4.21. The fourth-order valence-corrected chi connectivity index (χ4v) is 3.95. The molecule has 0 radical (unpaired) electrons. The molecule has 0 spiro atoms. The van der Waals surface area contributed by atoms with E-state index in [9.17, 15) is 14.9 Å². The van der Waals surface area contributed by atoms with Gasteiger partial charge in [0.1, 0.15) is 5.75 Å². The molecule has 4 rings (SSSR count). The Hall–Kier alpha value is -3.61. The highest BCUT2D eigenvalue weighted by molar-refractivity contribution is 6.08. The van der Waals surface area contributed by atoms with E-state index in [1.165, 1.54) is 12.1 Å². The molecule has 1 aromatic heterocycles.